The second-order valence-corrected chi connectivity index (χ2v) is 7.00. The summed E-state index contributed by atoms with van der Waals surface area (Å²) in [6, 6.07) is 3.83. The molecule has 0 radical (unpaired) electrons. The molecule has 1 aromatic carbocycles. The standard InChI is InChI=1S/C17H20BrNO3/c1-21-14-7-6-13(18)15(16(14)22-10-12-4-5-12)17(19-11-20)8-2-3-9-17/h6-7,12H,2-5,8-10H2,1H3. The summed E-state index contributed by atoms with van der Waals surface area (Å²) < 4.78 is 12.5. The van der Waals surface area contributed by atoms with Gasteiger partial charge >= 0.3 is 0 Å². The van der Waals surface area contributed by atoms with Gasteiger partial charge in [0.15, 0.2) is 11.5 Å². The minimum Gasteiger partial charge on any atom is -0.493 e. The van der Waals surface area contributed by atoms with Crippen LogP contribution in [0.5, 0.6) is 11.5 Å². The molecule has 4 nitrogen and oxygen atoms in total. The van der Waals surface area contributed by atoms with Crippen molar-refractivity contribution in [1.29, 1.82) is 0 Å². The van der Waals surface area contributed by atoms with Gasteiger partial charge < -0.3 is 9.47 Å². The Morgan fingerprint density at radius 1 is 1.36 bits per heavy atom. The molecule has 0 unspecified atom stereocenters. The number of benzene rings is 1. The number of methoxy groups -OCH3 is 1. The van der Waals surface area contributed by atoms with Gasteiger partial charge in [0, 0.05) is 10.0 Å². The molecule has 2 fully saturated rings. The molecule has 3 rings (SSSR count). The van der Waals surface area contributed by atoms with E-state index in [-0.39, 0.29) is 0 Å². The van der Waals surface area contributed by atoms with Gasteiger partial charge in [-0.1, -0.05) is 28.8 Å². The van der Waals surface area contributed by atoms with Crippen LogP contribution in [0.25, 0.3) is 0 Å². The summed E-state index contributed by atoms with van der Waals surface area (Å²) in [7, 11) is 1.64. The molecule has 2 saturated carbocycles. The van der Waals surface area contributed by atoms with E-state index in [1.807, 2.05) is 12.1 Å². The quantitative estimate of drug-likeness (QED) is 0.556. The molecule has 5 heteroatoms. The van der Waals surface area contributed by atoms with Gasteiger partial charge in [-0.25, -0.2) is 4.79 Å². The number of carbonyl (C=O) groups excluding carboxylic acids is 1. The maximum atomic E-state index is 11.0. The van der Waals surface area contributed by atoms with E-state index >= 15 is 0 Å². The Balaban J connectivity index is 2.08. The van der Waals surface area contributed by atoms with Crippen LogP contribution in [0.3, 0.4) is 0 Å². The van der Waals surface area contributed by atoms with Gasteiger partial charge in [0.05, 0.1) is 13.7 Å². The SMILES string of the molecule is COc1ccc(Br)c(C2(N=C=O)CCCC2)c1OCC1CC1. The molecule has 0 bridgehead atoms. The van der Waals surface area contributed by atoms with Crippen LogP contribution in [0, 0.1) is 5.92 Å². The Hall–Kier alpha value is -1.32. The molecule has 0 atom stereocenters. The summed E-state index contributed by atoms with van der Waals surface area (Å²) in [5.41, 5.74) is 0.405. The number of ether oxygens (including phenoxy) is 2. The molecule has 0 N–H and O–H groups in total. The number of hydrogen-bond acceptors (Lipinski definition) is 4. The first kappa shape index (κ1) is 15.6. The molecule has 118 valence electrons. The van der Waals surface area contributed by atoms with Crippen molar-refractivity contribution in [2.75, 3.05) is 13.7 Å². The normalized spacial score (nSPS) is 19.5. The van der Waals surface area contributed by atoms with E-state index in [1.165, 1.54) is 12.8 Å². The zero-order chi connectivity index (χ0) is 15.6. The van der Waals surface area contributed by atoms with Crippen LogP contribution in [0.15, 0.2) is 21.6 Å². The second kappa shape index (κ2) is 6.43. The van der Waals surface area contributed by atoms with Crippen molar-refractivity contribution in [2.45, 2.75) is 44.1 Å². The molecule has 0 aliphatic heterocycles. The van der Waals surface area contributed by atoms with Crippen molar-refractivity contribution in [3.05, 3.63) is 22.2 Å². The Bertz CT molecular complexity index is 600. The summed E-state index contributed by atoms with van der Waals surface area (Å²) in [5, 5.41) is 0. The summed E-state index contributed by atoms with van der Waals surface area (Å²) in [5.74, 6) is 2.07. The molecule has 0 spiro atoms. The fourth-order valence-electron chi connectivity index (χ4n) is 3.23. The lowest BCUT2D eigenvalue weighted by molar-refractivity contribution is 0.269. The molecular formula is C17H20BrNO3. The highest BCUT2D eigenvalue weighted by Gasteiger charge is 2.41. The van der Waals surface area contributed by atoms with E-state index in [0.717, 1.165) is 41.5 Å². The molecule has 2 aliphatic carbocycles. The van der Waals surface area contributed by atoms with Crippen molar-refractivity contribution < 1.29 is 14.3 Å². The van der Waals surface area contributed by atoms with Crippen molar-refractivity contribution in [2.24, 2.45) is 10.9 Å². The highest BCUT2D eigenvalue weighted by Crippen LogP contribution is 2.51. The molecule has 2 aliphatic rings. The summed E-state index contributed by atoms with van der Waals surface area (Å²) in [6.07, 6.45) is 8.01. The number of isocyanates is 1. The monoisotopic (exact) mass is 365 g/mol. The van der Waals surface area contributed by atoms with Crippen molar-refractivity contribution in [1.82, 2.24) is 0 Å². The van der Waals surface area contributed by atoms with E-state index < -0.39 is 5.54 Å². The van der Waals surface area contributed by atoms with Crippen LogP contribution in [-0.2, 0) is 10.3 Å². The lowest BCUT2D eigenvalue weighted by Gasteiger charge is -2.28. The Morgan fingerprint density at radius 3 is 2.68 bits per heavy atom. The smallest absolute Gasteiger partial charge is 0.235 e. The van der Waals surface area contributed by atoms with Gasteiger partial charge in [0.25, 0.3) is 0 Å². The van der Waals surface area contributed by atoms with E-state index in [2.05, 4.69) is 20.9 Å². The van der Waals surface area contributed by atoms with Crippen molar-refractivity contribution in [3.63, 3.8) is 0 Å². The highest BCUT2D eigenvalue weighted by molar-refractivity contribution is 9.10. The van der Waals surface area contributed by atoms with Crippen molar-refractivity contribution in [3.8, 4) is 11.5 Å². The molecular weight excluding hydrogens is 346 g/mol. The predicted molar refractivity (Wildman–Crippen MR) is 87.2 cm³/mol. The van der Waals surface area contributed by atoms with E-state index in [9.17, 15) is 4.79 Å². The van der Waals surface area contributed by atoms with Crippen LogP contribution < -0.4 is 9.47 Å². The van der Waals surface area contributed by atoms with Crippen LogP contribution in [0.1, 0.15) is 44.1 Å². The molecule has 0 saturated heterocycles. The predicted octanol–water partition coefficient (Wildman–Crippen LogP) is 4.35. The number of rotatable bonds is 6. The zero-order valence-electron chi connectivity index (χ0n) is 12.7. The number of hydrogen-bond donors (Lipinski definition) is 0. The molecule has 0 aromatic heterocycles. The van der Waals surface area contributed by atoms with Crippen molar-refractivity contribution >= 4 is 22.0 Å². The van der Waals surface area contributed by atoms with Crippen LogP contribution >= 0.6 is 15.9 Å². The minimum absolute atomic E-state index is 0.534. The van der Waals surface area contributed by atoms with Gasteiger partial charge in [0.1, 0.15) is 5.54 Å². The number of aliphatic imine (C=N–C) groups is 1. The van der Waals surface area contributed by atoms with E-state index in [0.29, 0.717) is 18.3 Å². The Morgan fingerprint density at radius 2 is 2.09 bits per heavy atom. The van der Waals surface area contributed by atoms with Crippen LogP contribution in [0.4, 0.5) is 0 Å². The zero-order valence-corrected chi connectivity index (χ0v) is 14.3. The molecule has 0 heterocycles. The molecule has 1 aromatic rings. The summed E-state index contributed by atoms with van der Waals surface area (Å²) >= 11 is 3.62. The van der Waals surface area contributed by atoms with Crippen LogP contribution in [0.2, 0.25) is 0 Å². The third kappa shape index (κ3) is 2.92. The topological polar surface area (TPSA) is 47.9 Å². The first-order chi connectivity index (χ1) is 10.7. The minimum atomic E-state index is -0.534. The maximum absolute atomic E-state index is 11.0. The van der Waals surface area contributed by atoms with Gasteiger partial charge in [-0.15, -0.1) is 0 Å². The fraction of sp³-hybridized carbons (Fsp3) is 0.588. The highest BCUT2D eigenvalue weighted by atomic mass is 79.9. The maximum Gasteiger partial charge on any atom is 0.235 e. The fourth-order valence-corrected chi connectivity index (χ4v) is 3.91. The lowest BCUT2D eigenvalue weighted by Crippen LogP contribution is -2.21. The van der Waals surface area contributed by atoms with Gasteiger partial charge in [-0.2, -0.15) is 4.99 Å². The third-order valence-corrected chi connectivity index (χ3v) is 5.27. The Kier molecular flexibility index (Phi) is 4.55. The van der Waals surface area contributed by atoms with Gasteiger partial charge in [-0.05, 0) is 43.7 Å². The van der Waals surface area contributed by atoms with Gasteiger partial charge in [-0.3, -0.25) is 0 Å². The first-order valence-electron chi connectivity index (χ1n) is 7.79. The molecule has 22 heavy (non-hydrogen) atoms. The van der Waals surface area contributed by atoms with E-state index in [1.54, 1.807) is 13.2 Å². The van der Waals surface area contributed by atoms with E-state index in [4.69, 9.17) is 9.47 Å². The lowest BCUT2D eigenvalue weighted by atomic mass is 9.88. The summed E-state index contributed by atoms with van der Waals surface area (Å²) in [6.45, 7) is 0.695. The Labute approximate surface area is 139 Å². The largest absolute Gasteiger partial charge is 0.493 e. The third-order valence-electron chi connectivity index (χ3n) is 4.61. The van der Waals surface area contributed by atoms with Crippen LogP contribution in [-0.4, -0.2) is 19.8 Å². The summed E-state index contributed by atoms with van der Waals surface area (Å²) in [4.78, 5) is 15.2. The second-order valence-electron chi connectivity index (χ2n) is 6.15. The first-order valence-corrected chi connectivity index (χ1v) is 8.58. The van der Waals surface area contributed by atoms with Gasteiger partial charge in [0.2, 0.25) is 6.08 Å². The average Bonchev–Trinajstić information content (AvgIpc) is 3.23. The number of halogens is 1. The molecule has 0 amide bonds. The number of nitrogens with zero attached hydrogens (tertiary/aromatic N) is 1. The average molecular weight is 366 g/mol.